The number of ether oxygens (including phenoxy) is 1. The number of aliphatic carboxylic acids is 1. The van der Waals surface area contributed by atoms with E-state index in [2.05, 4.69) is 10.6 Å². The van der Waals surface area contributed by atoms with Crippen LogP contribution in [0, 0.1) is 0 Å². The number of nitrogens with one attached hydrogen (secondary N) is 2. The minimum Gasteiger partial charge on any atom is -0.480 e. The molecule has 1 aliphatic rings. The Balaban J connectivity index is 2.25. The zero-order valence-electron chi connectivity index (χ0n) is 9.41. The van der Waals surface area contributed by atoms with Gasteiger partial charge in [-0.25, -0.2) is 4.79 Å². The van der Waals surface area contributed by atoms with E-state index in [1.807, 2.05) is 0 Å². The Kier molecular flexibility index (Phi) is 4.70. The summed E-state index contributed by atoms with van der Waals surface area (Å²) in [5.74, 6) is -1.22. The second kappa shape index (κ2) is 5.81. The topological polar surface area (TPSA) is 87.7 Å². The van der Waals surface area contributed by atoms with E-state index in [4.69, 9.17) is 9.84 Å². The number of carboxylic acids is 1. The fraction of sp³-hybridized carbons (Fsp3) is 0.800. The van der Waals surface area contributed by atoms with Gasteiger partial charge in [0.2, 0.25) is 5.91 Å². The smallest absolute Gasteiger partial charge is 0.329 e. The van der Waals surface area contributed by atoms with Crippen LogP contribution in [0.5, 0.6) is 0 Å². The number of carbonyl (C=O) groups is 2. The highest BCUT2D eigenvalue weighted by Gasteiger charge is 2.45. The van der Waals surface area contributed by atoms with Crippen LogP contribution >= 0.6 is 0 Å². The maximum absolute atomic E-state index is 11.4. The highest BCUT2D eigenvalue weighted by Crippen LogP contribution is 2.31. The summed E-state index contributed by atoms with van der Waals surface area (Å²) >= 11 is 0. The van der Waals surface area contributed by atoms with Gasteiger partial charge in [0.15, 0.2) is 0 Å². The summed E-state index contributed by atoms with van der Waals surface area (Å²) in [6.45, 7) is 1.22. The minimum absolute atomic E-state index is 0.123. The molecule has 0 aromatic heterocycles. The highest BCUT2D eigenvalue weighted by atomic mass is 16.5. The molecule has 16 heavy (non-hydrogen) atoms. The van der Waals surface area contributed by atoms with E-state index in [0.717, 1.165) is 6.42 Å². The Bertz CT molecular complexity index is 264. The molecule has 0 unspecified atom stereocenters. The monoisotopic (exact) mass is 230 g/mol. The Hall–Kier alpha value is -1.14. The quantitative estimate of drug-likeness (QED) is 0.506. The van der Waals surface area contributed by atoms with Gasteiger partial charge in [-0.2, -0.15) is 0 Å². The van der Waals surface area contributed by atoms with Crippen LogP contribution < -0.4 is 10.6 Å². The van der Waals surface area contributed by atoms with E-state index in [1.165, 1.54) is 0 Å². The second-order valence-corrected chi connectivity index (χ2v) is 3.96. The van der Waals surface area contributed by atoms with Gasteiger partial charge >= 0.3 is 5.97 Å². The molecule has 0 aliphatic heterocycles. The van der Waals surface area contributed by atoms with Gasteiger partial charge in [0.25, 0.3) is 0 Å². The second-order valence-electron chi connectivity index (χ2n) is 3.96. The number of amides is 1. The van der Waals surface area contributed by atoms with Crippen molar-refractivity contribution in [2.75, 3.05) is 26.8 Å². The average Bonchev–Trinajstić information content (AvgIpc) is 2.18. The lowest BCUT2D eigenvalue weighted by Crippen LogP contribution is -2.60. The first-order valence-electron chi connectivity index (χ1n) is 5.35. The molecule has 1 fully saturated rings. The Morgan fingerprint density at radius 2 is 2.12 bits per heavy atom. The van der Waals surface area contributed by atoms with Crippen LogP contribution in [-0.2, 0) is 14.3 Å². The standard InChI is InChI=1S/C10H18N2O4/c1-16-6-5-11-7-8(13)12-10(9(14)15)3-2-4-10/h11H,2-7H2,1H3,(H,12,13)(H,14,15). The van der Waals surface area contributed by atoms with Crippen LogP contribution in [0.25, 0.3) is 0 Å². The Labute approximate surface area is 94.3 Å². The third-order valence-corrected chi connectivity index (χ3v) is 2.76. The van der Waals surface area contributed by atoms with Crippen LogP contribution in [0.3, 0.4) is 0 Å². The van der Waals surface area contributed by atoms with Crippen LogP contribution in [-0.4, -0.2) is 49.3 Å². The first-order chi connectivity index (χ1) is 7.60. The van der Waals surface area contributed by atoms with E-state index >= 15 is 0 Å². The Morgan fingerprint density at radius 3 is 2.56 bits per heavy atom. The van der Waals surface area contributed by atoms with Crippen molar-refractivity contribution in [3.05, 3.63) is 0 Å². The minimum atomic E-state index is -1.01. The summed E-state index contributed by atoms with van der Waals surface area (Å²) in [5.41, 5.74) is -1.01. The van der Waals surface area contributed by atoms with Crippen LogP contribution in [0.2, 0.25) is 0 Å². The first kappa shape index (κ1) is 12.9. The molecule has 0 saturated heterocycles. The van der Waals surface area contributed by atoms with E-state index in [1.54, 1.807) is 7.11 Å². The zero-order valence-corrected chi connectivity index (χ0v) is 9.41. The van der Waals surface area contributed by atoms with Crippen molar-refractivity contribution in [2.24, 2.45) is 0 Å². The third-order valence-electron chi connectivity index (χ3n) is 2.76. The number of hydrogen-bond donors (Lipinski definition) is 3. The molecule has 0 bridgehead atoms. The fourth-order valence-electron chi connectivity index (χ4n) is 1.61. The highest BCUT2D eigenvalue weighted by molar-refractivity contribution is 5.88. The molecule has 1 amide bonds. The molecule has 0 aromatic rings. The van der Waals surface area contributed by atoms with Crippen molar-refractivity contribution >= 4 is 11.9 Å². The lowest BCUT2D eigenvalue weighted by Gasteiger charge is -2.38. The van der Waals surface area contributed by atoms with Crippen molar-refractivity contribution in [3.63, 3.8) is 0 Å². The third kappa shape index (κ3) is 3.18. The molecule has 1 aliphatic carbocycles. The molecule has 6 nitrogen and oxygen atoms in total. The molecule has 1 saturated carbocycles. The summed E-state index contributed by atoms with van der Waals surface area (Å²) in [6.07, 6.45) is 1.89. The van der Waals surface area contributed by atoms with Crippen molar-refractivity contribution in [1.82, 2.24) is 10.6 Å². The van der Waals surface area contributed by atoms with Gasteiger partial charge in [0.05, 0.1) is 13.2 Å². The zero-order chi connectivity index (χ0) is 12.0. The van der Waals surface area contributed by atoms with Crippen molar-refractivity contribution in [1.29, 1.82) is 0 Å². The van der Waals surface area contributed by atoms with Gasteiger partial charge in [-0.05, 0) is 19.3 Å². The molecule has 92 valence electrons. The van der Waals surface area contributed by atoms with Crippen LogP contribution in [0.15, 0.2) is 0 Å². The van der Waals surface area contributed by atoms with E-state index in [9.17, 15) is 9.59 Å². The number of methoxy groups -OCH3 is 1. The van der Waals surface area contributed by atoms with Gasteiger partial charge in [-0.1, -0.05) is 0 Å². The summed E-state index contributed by atoms with van der Waals surface area (Å²) in [5, 5.41) is 14.4. The molecule has 0 radical (unpaired) electrons. The lowest BCUT2D eigenvalue weighted by molar-refractivity contribution is -0.151. The molecule has 1 rings (SSSR count). The average molecular weight is 230 g/mol. The van der Waals surface area contributed by atoms with E-state index in [0.29, 0.717) is 26.0 Å². The molecule has 0 aromatic carbocycles. The molecule has 6 heteroatoms. The number of rotatable bonds is 7. The number of carbonyl (C=O) groups excluding carboxylic acids is 1. The van der Waals surface area contributed by atoms with Crippen molar-refractivity contribution in [3.8, 4) is 0 Å². The van der Waals surface area contributed by atoms with Crippen molar-refractivity contribution in [2.45, 2.75) is 24.8 Å². The largest absolute Gasteiger partial charge is 0.480 e. The Morgan fingerprint density at radius 1 is 1.44 bits per heavy atom. The van der Waals surface area contributed by atoms with Gasteiger partial charge in [0, 0.05) is 13.7 Å². The molecule has 0 spiro atoms. The van der Waals surface area contributed by atoms with Gasteiger partial charge in [0.1, 0.15) is 5.54 Å². The number of carboxylic acid groups (broad SMARTS) is 1. The van der Waals surface area contributed by atoms with Crippen molar-refractivity contribution < 1.29 is 19.4 Å². The van der Waals surface area contributed by atoms with Crippen LogP contribution in [0.1, 0.15) is 19.3 Å². The molecule has 0 atom stereocenters. The van der Waals surface area contributed by atoms with Gasteiger partial charge in [-0.15, -0.1) is 0 Å². The predicted octanol–water partition coefficient (Wildman–Crippen LogP) is -0.654. The molecular weight excluding hydrogens is 212 g/mol. The molecule has 0 heterocycles. The normalized spacial score (nSPS) is 17.6. The van der Waals surface area contributed by atoms with E-state index in [-0.39, 0.29) is 12.5 Å². The lowest BCUT2D eigenvalue weighted by atomic mass is 9.77. The molecule has 3 N–H and O–H groups in total. The summed E-state index contributed by atoms with van der Waals surface area (Å²) in [7, 11) is 1.58. The first-order valence-corrected chi connectivity index (χ1v) is 5.35. The maximum atomic E-state index is 11.4. The van der Waals surface area contributed by atoms with Gasteiger partial charge < -0.3 is 20.5 Å². The maximum Gasteiger partial charge on any atom is 0.329 e. The molecular formula is C10H18N2O4. The SMILES string of the molecule is COCCNCC(=O)NC1(C(=O)O)CCC1. The summed E-state index contributed by atoms with van der Waals surface area (Å²) in [6, 6.07) is 0. The van der Waals surface area contributed by atoms with E-state index < -0.39 is 11.5 Å². The van der Waals surface area contributed by atoms with Crippen LogP contribution in [0.4, 0.5) is 0 Å². The summed E-state index contributed by atoms with van der Waals surface area (Å²) < 4.78 is 4.81. The predicted molar refractivity (Wildman–Crippen MR) is 57.1 cm³/mol. The summed E-state index contributed by atoms with van der Waals surface area (Å²) in [4.78, 5) is 22.4. The number of hydrogen-bond acceptors (Lipinski definition) is 4. The fourth-order valence-corrected chi connectivity index (χ4v) is 1.61. The van der Waals surface area contributed by atoms with Gasteiger partial charge in [-0.3, -0.25) is 4.79 Å².